The second-order valence-corrected chi connectivity index (χ2v) is 5.63. The van der Waals surface area contributed by atoms with Crippen LogP contribution in [0, 0.1) is 6.92 Å². The predicted octanol–water partition coefficient (Wildman–Crippen LogP) is 2.19. The smallest absolute Gasteiger partial charge is 0.273 e. The summed E-state index contributed by atoms with van der Waals surface area (Å²) in [7, 11) is 0. The number of H-pyrrole nitrogens is 1. The molecular weight excluding hydrogens is 260 g/mol. The van der Waals surface area contributed by atoms with Gasteiger partial charge in [-0.3, -0.25) is 4.79 Å². The van der Waals surface area contributed by atoms with Crippen molar-refractivity contribution in [3.8, 4) is 0 Å². The number of thiazole rings is 1. The number of aryl methyl sites for hydroxylation is 1. The fraction of sp³-hybridized carbons (Fsp3) is 0.462. The third-order valence-electron chi connectivity index (χ3n) is 3.47. The number of carbonyl (C=O) groups excluding carboxylic acids is 1. The van der Waals surface area contributed by atoms with E-state index in [-0.39, 0.29) is 5.91 Å². The summed E-state index contributed by atoms with van der Waals surface area (Å²) in [6.07, 6.45) is 3.94. The van der Waals surface area contributed by atoms with E-state index in [9.17, 15) is 4.79 Å². The van der Waals surface area contributed by atoms with E-state index < -0.39 is 0 Å². The van der Waals surface area contributed by atoms with Gasteiger partial charge in [0, 0.05) is 36.3 Å². The van der Waals surface area contributed by atoms with Crippen LogP contribution in [0.15, 0.2) is 17.1 Å². The van der Waals surface area contributed by atoms with Crippen LogP contribution < -0.4 is 0 Å². The molecule has 5 nitrogen and oxygen atoms in total. The Morgan fingerprint density at radius 2 is 2.42 bits per heavy atom. The van der Waals surface area contributed by atoms with E-state index in [0.717, 1.165) is 37.4 Å². The first kappa shape index (κ1) is 12.3. The van der Waals surface area contributed by atoms with Crippen LogP contribution in [0.25, 0.3) is 0 Å². The molecule has 0 aromatic carbocycles. The Morgan fingerprint density at radius 1 is 1.53 bits per heavy atom. The molecule has 1 aliphatic rings. The maximum absolute atomic E-state index is 12.3. The van der Waals surface area contributed by atoms with Crippen LogP contribution in [-0.2, 0) is 0 Å². The van der Waals surface area contributed by atoms with Gasteiger partial charge in [0.05, 0.1) is 5.51 Å². The lowest BCUT2D eigenvalue weighted by atomic mass is 9.97. The third-order valence-corrected chi connectivity index (χ3v) is 4.06. The summed E-state index contributed by atoms with van der Waals surface area (Å²) >= 11 is 1.46. The van der Waals surface area contributed by atoms with Gasteiger partial charge in [-0.25, -0.2) is 9.97 Å². The van der Waals surface area contributed by atoms with Gasteiger partial charge in [-0.15, -0.1) is 11.3 Å². The lowest BCUT2D eigenvalue weighted by molar-refractivity contribution is 0.0699. The number of hydrogen-bond acceptors (Lipinski definition) is 4. The third kappa shape index (κ3) is 2.53. The molecule has 1 amide bonds. The van der Waals surface area contributed by atoms with Gasteiger partial charge in [-0.1, -0.05) is 0 Å². The number of aromatic amines is 1. The molecule has 1 atom stereocenters. The van der Waals surface area contributed by atoms with Crippen LogP contribution in [-0.4, -0.2) is 38.8 Å². The number of amides is 1. The molecule has 1 saturated heterocycles. The van der Waals surface area contributed by atoms with Crippen LogP contribution >= 0.6 is 11.3 Å². The van der Waals surface area contributed by atoms with Crippen molar-refractivity contribution in [1.82, 2.24) is 19.9 Å². The van der Waals surface area contributed by atoms with Gasteiger partial charge in [0.25, 0.3) is 5.91 Å². The molecule has 1 aliphatic heterocycles. The van der Waals surface area contributed by atoms with E-state index in [1.54, 1.807) is 5.51 Å². The van der Waals surface area contributed by atoms with E-state index in [1.807, 2.05) is 23.4 Å². The maximum Gasteiger partial charge on any atom is 0.273 e. The maximum atomic E-state index is 12.3. The van der Waals surface area contributed by atoms with Crippen molar-refractivity contribution in [3.05, 3.63) is 34.3 Å². The average Bonchev–Trinajstić information content (AvgIpc) is 3.09. The Hall–Kier alpha value is -1.69. The Bertz CT molecular complexity index is 563. The number of imidazole rings is 1. The summed E-state index contributed by atoms with van der Waals surface area (Å²) in [6, 6.07) is 0. The molecule has 0 spiro atoms. The van der Waals surface area contributed by atoms with Crippen LogP contribution in [0.1, 0.15) is 40.8 Å². The molecule has 1 N–H and O–H groups in total. The highest BCUT2D eigenvalue weighted by atomic mass is 32.1. The first-order valence-electron chi connectivity index (χ1n) is 6.43. The highest BCUT2D eigenvalue weighted by molar-refractivity contribution is 7.07. The number of carbonyl (C=O) groups is 1. The SMILES string of the molecule is Cc1cnc(C2CCCN(C(=O)c3cscn3)C2)[nH]1. The zero-order chi connectivity index (χ0) is 13.2. The fourth-order valence-corrected chi connectivity index (χ4v) is 3.03. The van der Waals surface area contributed by atoms with Gasteiger partial charge in [0.1, 0.15) is 11.5 Å². The summed E-state index contributed by atoms with van der Waals surface area (Å²) < 4.78 is 0. The Kier molecular flexibility index (Phi) is 3.33. The first-order chi connectivity index (χ1) is 9.24. The molecule has 100 valence electrons. The Balaban J connectivity index is 1.73. The second-order valence-electron chi connectivity index (χ2n) is 4.92. The monoisotopic (exact) mass is 276 g/mol. The van der Waals surface area contributed by atoms with E-state index in [0.29, 0.717) is 11.6 Å². The molecule has 0 radical (unpaired) electrons. The van der Waals surface area contributed by atoms with Gasteiger partial charge in [0.15, 0.2) is 0 Å². The topological polar surface area (TPSA) is 61.9 Å². The van der Waals surface area contributed by atoms with Crippen molar-refractivity contribution in [2.45, 2.75) is 25.7 Å². The summed E-state index contributed by atoms with van der Waals surface area (Å²) in [5, 5.41) is 1.81. The van der Waals surface area contributed by atoms with Crippen molar-refractivity contribution in [3.63, 3.8) is 0 Å². The standard InChI is InChI=1S/C13H16N4OS/c1-9-5-14-12(16-9)10-3-2-4-17(6-10)13(18)11-7-19-8-15-11/h5,7-8,10H,2-4,6H2,1H3,(H,14,16). The van der Waals surface area contributed by atoms with Crippen LogP contribution in [0.4, 0.5) is 0 Å². The van der Waals surface area contributed by atoms with Gasteiger partial charge >= 0.3 is 0 Å². The number of likely N-dealkylation sites (tertiary alicyclic amines) is 1. The van der Waals surface area contributed by atoms with E-state index in [1.165, 1.54) is 11.3 Å². The molecule has 3 rings (SSSR count). The summed E-state index contributed by atoms with van der Waals surface area (Å²) in [6.45, 7) is 3.54. The fourth-order valence-electron chi connectivity index (χ4n) is 2.51. The number of nitrogens with zero attached hydrogens (tertiary/aromatic N) is 3. The number of aromatic nitrogens is 3. The molecule has 19 heavy (non-hydrogen) atoms. The number of piperidine rings is 1. The van der Waals surface area contributed by atoms with Crippen LogP contribution in [0.5, 0.6) is 0 Å². The Morgan fingerprint density at radius 3 is 3.11 bits per heavy atom. The molecular formula is C13H16N4OS. The molecule has 2 aromatic heterocycles. The minimum absolute atomic E-state index is 0.0363. The van der Waals surface area contributed by atoms with E-state index >= 15 is 0 Å². The van der Waals surface area contributed by atoms with Gasteiger partial charge in [-0.05, 0) is 19.8 Å². The van der Waals surface area contributed by atoms with Crippen LogP contribution in [0.2, 0.25) is 0 Å². The Labute approximate surface area is 115 Å². The molecule has 1 unspecified atom stereocenters. The lowest BCUT2D eigenvalue weighted by Gasteiger charge is -2.31. The number of rotatable bonds is 2. The summed E-state index contributed by atoms with van der Waals surface area (Å²) in [5.41, 5.74) is 3.32. The highest BCUT2D eigenvalue weighted by Gasteiger charge is 2.27. The van der Waals surface area contributed by atoms with Crippen molar-refractivity contribution >= 4 is 17.2 Å². The molecule has 2 aromatic rings. The van der Waals surface area contributed by atoms with Crippen molar-refractivity contribution in [2.75, 3.05) is 13.1 Å². The molecule has 1 fully saturated rings. The number of hydrogen-bond donors (Lipinski definition) is 1. The van der Waals surface area contributed by atoms with Gasteiger partial charge < -0.3 is 9.88 Å². The average molecular weight is 276 g/mol. The van der Waals surface area contributed by atoms with Crippen molar-refractivity contribution in [1.29, 1.82) is 0 Å². The minimum atomic E-state index is 0.0363. The molecule has 6 heteroatoms. The van der Waals surface area contributed by atoms with Gasteiger partial charge in [-0.2, -0.15) is 0 Å². The lowest BCUT2D eigenvalue weighted by Crippen LogP contribution is -2.39. The molecule has 0 aliphatic carbocycles. The van der Waals surface area contributed by atoms with E-state index in [2.05, 4.69) is 15.0 Å². The highest BCUT2D eigenvalue weighted by Crippen LogP contribution is 2.25. The first-order valence-corrected chi connectivity index (χ1v) is 7.37. The van der Waals surface area contributed by atoms with Crippen molar-refractivity contribution in [2.24, 2.45) is 0 Å². The largest absolute Gasteiger partial charge is 0.346 e. The molecule has 0 saturated carbocycles. The van der Waals surface area contributed by atoms with E-state index in [4.69, 9.17) is 0 Å². The molecule has 3 heterocycles. The summed E-state index contributed by atoms with van der Waals surface area (Å²) in [5.74, 6) is 1.34. The minimum Gasteiger partial charge on any atom is -0.346 e. The second kappa shape index (κ2) is 5.13. The van der Waals surface area contributed by atoms with Crippen LogP contribution in [0.3, 0.4) is 0 Å². The van der Waals surface area contributed by atoms with Gasteiger partial charge in [0.2, 0.25) is 0 Å². The zero-order valence-corrected chi connectivity index (χ0v) is 11.6. The quantitative estimate of drug-likeness (QED) is 0.914. The predicted molar refractivity (Wildman–Crippen MR) is 73.3 cm³/mol. The molecule has 0 bridgehead atoms. The summed E-state index contributed by atoms with van der Waals surface area (Å²) in [4.78, 5) is 25.9. The zero-order valence-electron chi connectivity index (χ0n) is 10.8. The normalized spacial score (nSPS) is 19.6. The van der Waals surface area contributed by atoms with Crippen molar-refractivity contribution < 1.29 is 4.79 Å². The number of nitrogens with one attached hydrogen (secondary N) is 1.